The molecule has 0 aromatic heterocycles. The number of aliphatic hydroxyl groups is 1. The Morgan fingerprint density at radius 2 is 1.88 bits per heavy atom. The van der Waals surface area contributed by atoms with Crippen LogP contribution in [-0.4, -0.2) is 17.1 Å². The summed E-state index contributed by atoms with van der Waals surface area (Å²) < 4.78 is 0. The highest BCUT2D eigenvalue weighted by atomic mass is 16.3. The molecule has 0 bridgehead atoms. The molecule has 0 atom stereocenters. The predicted molar refractivity (Wildman–Crippen MR) is 62.7 cm³/mol. The standard InChI is InChI=1S/C13H23NO2/c1-2-12(6-4-3-5-7-12)13(11(14)16)8-10(15)9-13/h10,15H,2-9H2,1H3,(H2,14,16). The van der Waals surface area contributed by atoms with Crippen molar-refractivity contribution < 1.29 is 9.90 Å². The van der Waals surface area contributed by atoms with E-state index in [1.54, 1.807) is 0 Å². The maximum absolute atomic E-state index is 11.8. The Morgan fingerprint density at radius 1 is 1.31 bits per heavy atom. The van der Waals surface area contributed by atoms with Crippen molar-refractivity contribution in [1.29, 1.82) is 0 Å². The van der Waals surface area contributed by atoms with Gasteiger partial charge in [0.05, 0.1) is 11.5 Å². The van der Waals surface area contributed by atoms with Gasteiger partial charge in [-0.2, -0.15) is 0 Å². The maximum Gasteiger partial charge on any atom is 0.224 e. The maximum atomic E-state index is 11.8. The Balaban J connectivity index is 2.26. The van der Waals surface area contributed by atoms with Crippen LogP contribution in [-0.2, 0) is 4.79 Å². The molecule has 2 aliphatic rings. The number of amides is 1. The molecular formula is C13H23NO2. The lowest BCUT2D eigenvalue weighted by molar-refractivity contribution is -0.168. The van der Waals surface area contributed by atoms with E-state index >= 15 is 0 Å². The smallest absolute Gasteiger partial charge is 0.224 e. The van der Waals surface area contributed by atoms with Crippen LogP contribution in [0.1, 0.15) is 58.3 Å². The van der Waals surface area contributed by atoms with Gasteiger partial charge < -0.3 is 10.8 Å². The molecule has 0 radical (unpaired) electrons. The van der Waals surface area contributed by atoms with Gasteiger partial charge in [-0.3, -0.25) is 4.79 Å². The van der Waals surface area contributed by atoms with Gasteiger partial charge in [0.25, 0.3) is 0 Å². The van der Waals surface area contributed by atoms with Crippen molar-refractivity contribution in [2.24, 2.45) is 16.6 Å². The number of nitrogens with two attached hydrogens (primary N) is 1. The minimum absolute atomic E-state index is 0.0797. The normalized spacial score (nSPS) is 37.8. The summed E-state index contributed by atoms with van der Waals surface area (Å²) in [5, 5.41) is 9.57. The first kappa shape index (κ1) is 11.9. The monoisotopic (exact) mass is 225 g/mol. The molecular weight excluding hydrogens is 202 g/mol. The van der Waals surface area contributed by atoms with Crippen molar-refractivity contribution >= 4 is 5.91 Å². The molecule has 3 N–H and O–H groups in total. The van der Waals surface area contributed by atoms with E-state index in [2.05, 4.69) is 6.92 Å². The predicted octanol–water partition coefficient (Wildman–Crippen LogP) is 1.97. The summed E-state index contributed by atoms with van der Waals surface area (Å²) in [6.45, 7) is 2.17. The van der Waals surface area contributed by atoms with Gasteiger partial charge in [0, 0.05) is 0 Å². The highest BCUT2D eigenvalue weighted by molar-refractivity contribution is 5.83. The summed E-state index contributed by atoms with van der Waals surface area (Å²) >= 11 is 0. The molecule has 2 fully saturated rings. The van der Waals surface area contributed by atoms with Gasteiger partial charge >= 0.3 is 0 Å². The SMILES string of the molecule is CCC1(C2(C(N)=O)CC(O)C2)CCCCC1. The molecule has 0 unspecified atom stereocenters. The van der Waals surface area contributed by atoms with Crippen LogP contribution in [0.25, 0.3) is 0 Å². The first-order chi connectivity index (χ1) is 7.56. The zero-order chi connectivity index (χ0) is 11.8. The van der Waals surface area contributed by atoms with E-state index < -0.39 is 5.41 Å². The summed E-state index contributed by atoms with van der Waals surface area (Å²) in [6.07, 6.45) is 7.81. The molecule has 3 heteroatoms. The average Bonchev–Trinajstić information content (AvgIpc) is 2.25. The average molecular weight is 225 g/mol. The van der Waals surface area contributed by atoms with Crippen molar-refractivity contribution in [3.63, 3.8) is 0 Å². The minimum Gasteiger partial charge on any atom is -0.393 e. The molecule has 2 aliphatic carbocycles. The van der Waals surface area contributed by atoms with Gasteiger partial charge in [0.15, 0.2) is 0 Å². The Hall–Kier alpha value is -0.570. The molecule has 0 aromatic carbocycles. The van der Waals surface area contributed by atoms with E-state index in [4.69, 9.17) is 5.73 Å². The Labute approximate surface area is 97.4 Å². The van der Waals surface area contributed by atoms with Gasteiger partial charge in [-0.15, -0.1) is 0 Å². The first-order valence-corrected chi connectivity index (χ1v) is 6.54. The van der Waals surface area contributed by atoms with Crippen LogP contribution in [0.5, 0.6) is 0 Å². The molecule has 0 spiro atoms. The highest BCUT2D eigenvalue weighted by Gasteiger charge is 2.60. The fourth-order valence-electron chi connectivity index (χ4n) is 4.04. The Bertz CT molecular complexity index is 276. The quantitative estimate of drug-likeness (QED) is 0.771. The Morgan fingerprint density at radius 3 is 2.25 bits per heavy atom. The largest absolute Gasteiger partial charge is 0.393 e. The number of carbonyl (C=O) groups is 1. The summed E-state index contributed by atoms with van der Waals surface area (Å²) in [5.41, 5.74) is 5.31. The molecule has 0 saturated heterocycles. The van der Waals surface area contributed by atoms with E-state index in [9.17, 15) is 9.90 Å². The molecule has 16 heavy (non-hydrogen) atoms. The number of rotatable bonds is 3. The lowest BCUT2D eigenvalue weighted by Gasteiger charge is -2.57. The third-order valence-electron chi connectivity index (χ3n) is 5.14. The molecule has 0 aliphatic heterocycles. The lowest BCUT2D eigenvalue weighted by Crippen LogP contribution is -2.60. The lowest BCUT2D eigenvalue weighted by atomic mass is 9.47. The van der Waals surface area contributed by atoms with Crippen molar-refractivity contribution in [1.82, 2.24) is 0 Å². The highest BCUT2D eigenvalue weighted by Crippen LogP contribution is 2.61. The van der Waals surface area contributed by atoms with Gasteiger partial charge in [-0.1, -0.05) is 26.2 Å². The second kappa shape index (κ2) is 4.02. The molecule has 2 saturated carbocycles. The van der Waals surface area contributed by atoms with Crippen LogP contribution in [0.2, 0.25) is 0 Å². The number of primary amides is 1. The van der Waals surface area contributed by atoms with Crippen molar-refractivity contribution in [2.45, 2.75) is 64.4 Å². The van der Waals surface area contributed by atoms with E-state index in [0.29, 0.717) is 12.8 Å². The van der Waals surface area contributed by atoms with Crippen molar-refractivity contribution in [3.05, 3.63) is 0 Å². The number of aliphatic hydroxyl groups excluding tert-OH is 1. The minimum atomic E-state index is -0.401. The van der Waals surface area contributed by atoms with E-state index in [-0.39, 0.29) is 17.4 Å². The first-order valence-electron chi connectivity index (χ1n) is 6.54. The fraction of sp³-hybridized carbons (Fsp3) is 0.923. The van der Waals surface area contributed by atoms with Gasteiger partial charge in [-0.25, -0.2) is 0 Å². The molecule has 0 heterocycles. The topological polar surface area (TPSA) is 63.3 Å². The number of carbonyl (C=O) groups excluding carboxylic acids is 1. The van der Waals surface area contributed by atoms with Crippen molar-refractivity contribution in [3.8, 4) is 0 Å². The second-order valence-electron chi connectivity index (χ2n) is 5.70. The number of hydrogen-bond donors (Lipinski definition) is 2. The molecule has 1 amide bonds. The molecule has 0 aromatic rings. The van der Waals surface area contributed by atoms with E-state index in [0.717, 1.165) is 19.3 Å². The number of hydrogen-bond acceptors (Lipinski definition) is 2. The summed E-state index contributed by atoms with van der Waals surface area (Å²) in [4.78, 5) is 11.8. The molecule has 2 rings (SSSR count). The van der Waals surface area contributed by atoms with Gasteiger partial charge in [-0.05, 0) is 37.5 Å². The van der Waals surface area contributed by atoms with Crippen LogP contribution in [0.15, 0.2) is 0 Å². The van der Waals surface area contributed by atoms with Crippen LogP contribution < -0.4 is 5.73 Å². The van der Waals surface area contributed by atoms with Gasteiger partial charge in [0.1, 0.15) is 0 Å². The van der Waals surface area contributed by atoms with Crippen molar-refractivity contribution in [2.75, 3.05) is 0 Å². The zero-order valence-electron chi connectivity index (χ0n) is 10.2. The third kappa shape index (κ3) is 1.48. The summed E-state index contributed by atoms with van der Waals surface area (Å²) in [6, 6.07) is 0. The summed E-state index contributed by atoms with van der Waals surface area (Å²) in [7, 11) is 0. The Kier molecular flexibility index (Phi) is 2.99. The van der Waals surface area contributed by atoms with Crippen LogP contribution in [0.4, 0.5) is 0 Å². The zero-order valence-corrected chi connectivity index (χ0v) is 10.2. The fourth-order valence-corrected chi connectivity index (χ4v) is 4.04. The van der Waals surface area contributed by atoms with E-state index in [1.807, 2.05) is 0 Å². The van der Waals surface area contributed by atoms with Gasteiger partial charge in [0.2, 0.25) is 5.91 Å². The van der Waals surface area contributed by atoms with Crippen LogP contribution in [0, 0.1) is 10.8 Å². The second-order valence-corrected chi connectivity index (χ2v) is 5.70. The molecule has 3 nitrogen and oxygen atoms in total. The molecule has 92 valence electrons. The summed E-state index contributed by atoms with van der Waals surface area (Å²) in [5.74, 6) is -0.179. The van der Waals surface area contributed by atoms with Crippen LogP contribution in [0.3, 0.4) is 0 Å². The van der Waals surface area contributed by atoms with Crippen LogP contribution >= 0.6 is 0 Å². The third-order valence-corrected chi connectivity index (χ3v) is 5.14. The van der Waals surface area contributed by atoms with E-state index in [1.165, 1.54) is 19.3 Å².